The highest BCUT2D eigenvalue weighted by molar-refractivity contribution is 7.12. The van der Waals surface area contributed by atoms with Crippen molar-refractivity contribution in [3.05, 3.63) is 39.1 Å². The third-order valence-corrected chi connectivity index (χ3v) is 5.00. The van der Waals surface area contributed by atoms with Gasteiger partial charge in [-0.3, -0.25) is 9.59 Å². The van der Waals surface area contributed by atoms with Gasteiger partial charge in [-0.25, -0.2) is 4.98 Å². The highest BCUT2D eigenvalue weighted by Gasteiger charge is 2.25. The second-order valence-corrected chi connectivity index (χ2v) is 6.66. The summed E-state index contributed by atoms with van der Waals surface area (Å²) in [4.78, 5) is 31.4. The molecule has 3 heterocycles. The fourth-order valence-corrected chi connectivity index (χ4v) is 3.62. The van der Waals surface area contributed by atoms with Crippen molar-refractivity contribution in [3.8, 4) is 5.75 Å². The molecule has 0 aromatic carbocycles. The highest BCUT2D eigenvalue weighted by Crippen LogP contribution is 2.24. The Morgan fingerprint density at radius 3 is 3.12 bits per heavy atom. The second kappa shape index (κ2) is 7.04. The third kappa shape index (κ3) is 3.28. The van der Waals surface area contributed by atoms with Gasteiger partial charge in [0.05, 0.1) is 7.11 Å². The van der Waals surface area contributed by atoms with E-state index in [9.17, 15) is 9.59 Å². The number of amides is 1. The molecule has 0 saturated carbocycles. The van der Waals surface area contributed by atoms with Gasteiger partial charge in [0.25, 0.3) is 11.5 Å². The van der Waals surface area contributed by atoms with Crippen molar-refractivity contribution in [3.63, 3.8) is 0 Å². The summed E-state index contributed by atoms with van der Waals surface area (Å²) in [6.07, 6.45) is 5.03. The van der Waals surface area contributed by atoms with E-state index in [4.69, 9.17) is 4.74 Å². The van der Waals surface area contributed by atoms with Crippen LogP contribution in [0.1, 0.15) is 22.5 Å². The molecule has 1 aliphatic heterocycles. The van der Waals surface area contributed by atoms with Crippen molar-refractivity contribution in [2.75, 3.05) is 25.1 Å². The lowest BCUT2D eigenvalue weighted by atomic mass is 10.1. The number of piperidine rings is 1. The van der Waals surface area contributed by atoms with E-state index >= 15 is 0 Å². The van der Waals surface area contributed by atoms with Gasteiger partial charge < -0.3 is 19.5 Å². The summed E-state index contributed by atoms with van der Waals surface area (Å²) in [5.41, 5.74) is -0.121. The summed E-state index contributed by atoms with van der Waals surface area (Å²) in [5.74, 6) is 0.888. The fourth-order valence-electron chi connectivity index (χ4n) is 2.86. The maximum Gasteiger partial charge on any atom is 0.293 e. The predicted molar refractivity (Wildman–Crippen MR) is 93.1 cm³/mol. The van der Waals surface area contributed by atoms with E-state index in [2.05, 4.69) is 10.3 Å². The van der Waals surface area contributed by atoms with Crippen LogP contribution in [0.15, 0.2) is 28.6 Å². The zero-order valence-corrected chi connectivity index (χ0v) is 14.5. The molecule has 0 radical (unpaired) electrons. The first-order valence-electron chi connectivity index (χ1n) is 7.79. The number of hydrogen-bond donors (Lipinski definition) is 1. The topological polar surface area (TPSA) is 76.5 Å². The van der Waals surface area contributed by atoms with Crippen LogP contribution in [0, 0.1) is 0 Å². The Morgan fingerprint density at radius 1 is 1.50 bits per heavy atom. The number of nitrogens with zero attached hydrogens (tertiary/aromatic N) is 3. The van der Waals surface area contributed by atoms with Crippen LogP contribution in [-0.4, -0.2) is 41.7 Å². The minimum Gasteiger partial charge on any atom is -0.495 e. The second-order valence-electron chi connectivity index (χ2n) is 5.74. The lowest BCUT2D eigenvalue weighted by Gasteiger charge is -2.33. The SMILES string of the molecule is COc1ccsc1C(=O)N[C@@H]1CCCN(c2nccn(C)c2=O)C1. The quantitative estimate of drug-likeness (QED) is 0.900. The van der Waals surface area contributed by atoms with E-state index < -0.39 is 0 Å². The standard InChI is InChI=1S/C16H20N4O3S/c1-19-8-6-17-14(16(19)22)20-7-3-4-11(10-20)18-15(21)13-12(23-2)5-9-24-13/h5-6,8-9,11H,3-4,7,10H2,1-2H3,(H,18,21)/t11-/m1/s1. The van der Waals surface area contributed by atoms with Gasteiger partial charge in [-0.2, -0.15) is 0 Å². The third-order valence-electron chi connectivity index (χ3n) is 4.11. The van der Waals surface area contributed by atoms with Gasteiger partial charge in [-0.1, -0.05) is 0 Å². The summed E-state index contributed by atoms with van der Waals surface area (Å²) in [5, 5.41) is 4.87. The Labute approximate surface area is 143 Å². The lowest BCUT2D eigenvalue weighted by Crippen LogP contribution is -2.49. The Bertz CT molecular complexity index is 786. The van der Waals surface area contributed by atoms with Crippen LogP contribution in [0.4, 0.5) is 5.82 Å². The summed E-state index contributed by atoms with van der Waals surface area (Å²) in [7, 11) is 3.26. The highest BCUT2D eigenvalue weighted by atomic mass is 32.1. The summed E-state index contributed by atoms with van der Waals surface area (Å²) >= 11 is 1.36. The first kappa shape index (κ1) is 16.5. The van der Waals surface area contributed by atoms with Gasteiger partial charge >= 0.3 is 0 Å². The molecule has 128 valence electrons. The first-order valence-corrected chi connectivity index (χ1v) is 8.67. The smallest absolute Gasteiger partial charge is 0.293 e. The first-order chi connectivity index (χ1) is 11.6. The number of thiophene rings is 1. The van der Waals surface area contributed by atoms with Crippen LogP contribution in [-0.2, 0) is 7.05 Å². The van der Waals surface area contributed by atoms with Gasteiger partial charge in [0.1, 0.15) is 10.6 Å². The van der Waals surface area contributed by atoms with Crippen LogP contribution in [0.25, 0.3) is 0 Å². The lowest BCUT2D eigenvalue weighted by molar-refractivity contribution is 0.0934. The largest absolute Gasteiger partial charge is 0.495 e. The van der Waals surface area contributed by atoms with E-state index in [-0.39, 0.29) is 17.5 Å². The molecule has 1 fully saturated rings. The van der Waals surface area contributed by atoms with E-state index in [0.29, 0.717) is 23.0 Å². The maximum atomic E-state index is 12.4. The molecule has 0 spiro atoms. The van der Waals surface area contributed by atoms with Gasteiger partial charge in [0.15, 0.2) is 5.82 Å². The van der Waals surface area contributed by atoms with Crippen LogP contribution < -0.4 is 20.5 Å². The van der Waals surface area contributed by atoms with Crippen molar-refractivity contribution in [2.24, 2.45) is 7.05 Å². The molecule has 1 aliphatic rings. The van der Waals surface area contributed by atoms with Crippen LogP contribution in [0.3, 0.4) is 0 Å². The molecule has 0 unspecified atom stereocenters. The number of rotatable bonds is 4. The minimum atomic E-state index is -0.136. The van der Waals surface area contributed by atoms with Crippen molar-refractivity contribution in [1.82, 2.24) is 14.9 Å². The zero-order valence-electron chi connectivity index (χ0n) is 13.7. The minimum absolute atomic E-state index is 0.0234. The molecule has 1 N–H and O–H groups in total. The normalized spacial score (nSPS) is 17.6. The van der Waals surface area contributed by atoms with Gasteiger partial charge in [-0.05, 0) is 24.3 Å². The fraction of sp³-hybridized carbons (Fsp3) is 0.438. The number of hydrogen-bond acceptors (Lipinski definition) is 6. The Kier molecular flexibility index (Phi) is 4.84. The van der Waals surface area contributed by atoms with Crippen molar-refractivity contribution >= 4 is 23.1 Å². The number of aryl methyl sites for hydroxylation is 1. The average Bonchev–Trinajstić information content (AvgIpc) is 3.06. The number of nitrogens with one attached hydrogen (secondary N) is 1. The molecule has 1 amide bonds. The molecular formula is C16H20N4O3S. The van der Waals surface area contributed by atoms with Gasteiger partial charge in [0, 0.05) is 38.6 Å². The van der Waals surface area contributed by atoms with E-state index in [1.54, 1.807) is 32.6 Å². The van der Waals surface area contributed by atoms with E-state index in [1.165, 1.54) is 15.9 Å². The summed E-state index contributed by atoms with van der Waals surface area (Å²) < 4.78 is 6.71. The van der Waals surface area contributed by atoms with Crippen LogP contribution in [0.5, 0.6) is 5.75 Å². The number of anilines is 1. The molecule has 2 aromatic rings. The molecule has 7 nitrogen and oxygen atoms in total. The van der Waals surface area contributed by atoms with Gasteiger partial charge in [0.2, 0.25) is 0 Å². The maximum absolute atomic E-state index is 12.4. The molecule has 0 aliphatic carbocycles. The van der Waals surface area contributed by atoms with Gasteiger partial charge in [-0.15, -0.1) is 11.3 Å². The molecule has 8 heteroatoms. The van der Waals surface area contributed by atoms with Crippen LogP contribution in [0.2, 0.25) is 0 Å². The number of methoxy groups -OCH3 is 1. The van der Waals surface area contributed by atoms with E-state index in [1.807, 2.05) is 10.3 Å². The molecule has 2 aromatic heterocycles. The molecule has 0 bridgehead atoms. The zero-order chi connectivity index (χ0) is 17.1. The molecule has 1 saturated heterocycles. The van der Waals surface area contributed by atoms with Crippen molar-refractivity contribution in [2.45, 2.75) is 18.9 Å². The van der Waals surface area contributed by atoms with Crippen molar-refractivity contribution < 1.29 is 9.53 Å². The summed E-state index contributed by atoms with van der Waals surface area (Å²) in [6.45, 7) is 1.34. The van der Waals surface area contributed by atoms with E-state index in [0.717, 1.165) is 19.4 Å². The molecule has 24 heavy (non-hydrogen) atoms. The van der Waals surface area contributed by atoms with Crippen LogP contribution >= 0.6 is 11.3 Å². The Morgan fingerprint density at radius 2 is 2.33 bits per heavy atom. The summed E-state index contributed by atoms with van der Waals surface area (Å²) in [6, 6.07) is 1.76. The van der Waals surface area contributed by atoms with Crippen molar-refractivity contribution in [1.29, 1.82) is 0 Å². The Balaban J connectivity index is 1.71. The molecule has 3 rings (SSSR count). The number of carbonyl (C=O) groups is 1. The molecule has 1 atom stereocenters. The number of ether oxygens (including phenoxy) is 1. The number of aromatic nitrogens is 2. The predicted octanol–water partition coefficient (Wildman–Crippen LogP) is 1.25. The monoisotopic (exact) mass is 348 g/mol. The number of carbonyl (C=O) groups excluding carboxylic acids is 1. The average molecular weight is 348 g/mol. The Hall–Kier alpha value is -2.35. The molecular weight excluding hydrogens is 328 g/mol.